The van der Waals surface area contributed by atoms with Crippen LogP contribution in [0.4, 0.5) is 0 Å². The minimum Gasteiger partial charge on any atom is -0.328 e. The summed E-state index contributed by atoms with van der Waals surface area (Å²) in [4.78, 5) is 43.0. The van der Waals surface area contributed by atoms with Gasteiger partial charge < -0.3 is 9.80 Å². The molecule has 35 heavy (non-hydrogen) atoms. The van der Waals surface area contributed by atoms with Crippen LogP contribution in [0.2, 0.25) is 10.0 Å². The summed E-state index contributed by atoms with van der Waals surface area (Å²) in [6.07, 6.45) is 0.599. The van der Waals surface area contributed by atoms with Gasteiger partial charge in [0.2, 0.25) is 15.8 Å². The lowest BCUT2D eigenvalue weighted by molar-refractivity contribution is -0.140. The van der Waals surface area contributed by atoms with Crippen LogP contribution in [0.1, 0.15) is 28.4 Å². The average molecular weight is 540 g/mol. The van der Waals surface area contributed by atoms with Crippen LogP contribution < -0.4 is 0 Å². The Balaban J connectivity index is 2.01. The fourth-order valence-electron chi connectivity index (χ4n) is 4.03. The van der Waals surface area contributed by atoms with Crippen LogP contribution in [0, 0.1) is 5.92 Å². The van der Waals surface area contributed by atoms with Crippen molar-refractivity contribution in [2.75, 3.05) is 41.3 Å². The molecular formula is C24H27Cl2N3O5S. The van der Waals surface area contributed by atoms with E-state index in [1.54, 1.807) is 18.2 Å². The predicted molar refractivity (Wildman–Crippen MR) is 134 cm³/mol. The van der Waals surface area contributed by atoms with Crippen molar-refractivity contribution in [1.29, 1.82) is 0 Å². The van der Waals surface area contributed by atoms with Crippen molar-refractivity contribution in [3.05, 3.63) is 63.6 Å². The van der Waals surface area contributed by atoms with Gasteiger partial charge >= 0.3 is 0 Å². The number of amides is 1. The molecule has 2 aromatic carbocycles. The Hall–Kier alpha value is -2.30. The first-order valence-corrected chi connectivity index (χ1v) is 13.1. The van der Waals surface area contributed by atoms with E-state index in [1.807, 2.05) is 19.0 Å². The number of hydrogen-bond acceptors (Lipinski definition) is 6. The summed E-state index contributed by atoms with van der Waals surface area (Å²) in [5, 5.41) is 0.555. The van der Waals surface area contributed by atoms with Crippen molar-refractivity contribution in [2.24, 2.45) is 5.92 Å². The van der Waals surface area contributed by atoms with Crippen LogP contribution in [-0.2, 0) is 19.6 Å². The number of ketones is 2. The first-order chi connectivity index (χ1) is 16.4. The topological polar surface area (TPSA) is 95.1 Å². The van der Waals surface area contributed by atoms with Crippen molar-refractivity contribution in [1.82, 2.24) is 14.1 Å². The zero-order valence-corrected chi connectivity index (χ0v) is 22.2. The summed E-state index contributed by atoms with van der Waals surface area (Å²) in [7, 11) is 2.93. The second-order valence-electron chi connectivity index (χ2n) is 8.79. The molecule has 8 nitrogen and oxygen atoms in total. The van der Waals surface area contributed by atoms with Gasteiger partial charge in [-0.05, 0) is 56.9 Å². The number of Topliss-reactive ketones (excluding diaryl/α,β-unsaturated/α-hetero) is 2. The van der Waals surface area contributed by atoms with Crippen LogP contribution in [0.25, 0.3) is 0 Å². The maximum absolute atomic E-state index is 13.5. The van der Waals surface area contributed by atoms with Crippen LogP contribution in [0.5, 0.6) is 0 Å². The average Bonchev–Trinajstić information content (AvgIpc) is 3.05. The van der Waals surface area contributed by atoms with Crippen molar-refractivity contribution >= 4 is 50.7 Å². The molecule has 1 aliphatic rings. The first-order valence-electron chi connectivity index (χ1n) is 10.9. The Labute approximate surface area is 215 Å². The number of carbonyl (C=O) groups excluding carboxylic acids is 3. The van der Waals surface area contributed by atoms with E-state index in [4.69, 9.17) is 23.2 Å². The molecule has 2 aromatic rings. The lowest BCUT2D eigenvalue weighted by atomic mass is 9.86. The van der Waals surface area contributed by atoms with Gasteiger partial charge in [0, 0.05) is 26.2 Å². The van der Waals surface area contributed by atoms with Crippen molar-refractivity contribution in [3.63, 3.8) is 0 Å². The van der Waals surface area contributed by atoms with Gasteiger partial charge in [0.15, 0.2) is 5.78 Å². The summed E-state index contributed by atoms with van der Waals surface area (Å²) in [6.45, 7) is 0.962. The molecule has 1 fully saturated rings. The molecule has 1 aliphatic heterocycles. The molecule has 0 saturated carbocycles. The predicted octanol–water partition coefficient (Wildman–Crippen LogP) is 3.15. The number of sulfonamides is 1. The van der Waals surface area contributed by atoms with Gasteiger partial charge in [-0.1, -0.05) is 41.4 Å². The molecule has 1 amide bonds. The summed E-state index contributed by atoms with van der Waals surface area (Å²) in [5.74, 6) is -3.40. The maximum Gasteiger partial charge on any atom is 0.291 e. The van der Waals surface area contributed by atoms with Crippen LogP contribution in [0.15, 0.2) is 47.4 Å². The van der Waals surface area contributed by atoms with Crippen molar-refractivity contribution < 1.29 is 22.8 Å². The Morgan fingerprint density at radius 3 is 2.14 bits per heavy atom. The van der Waals surface area contributed by atoms with Gasteiger partial charge in [0.25, 0.3) is 5.91 Å². The van der Waals surface area contributed by atoms with Gasteiger partial charge in [-0.25, -0.2) is 12.7 Å². The molecular weight excluding hydrogens is 513 g/mol. The number of hydrogen-bond donors (Lipinski definition) is 0. The van der Waals surface area contributed by atoms with E-state index in [1.165, 1.54) is 43.3 Å². The van der Waals surface area contributed by atoms with E-state index in [0.717, 1.165) is 4.31 Å². The second-order valence-corrected chi connectivity index (χ2v) is 11.8. The quantitative estimate of drug-likeness (QED) is 0.276. The Morgan fingerprint density at radius 1 is 0.971 bits per heavy atom. The molecule has 2 unspecified atom stereocenters. The number of benzene rings is 2. The van der Waals surface area contributed by atoms with Crippen molar-refractivity contribution in [3.8, 4) is 0 Å². The molecule has 0 aromatic heterocycles. The van der Waals surface area contributed by atoms with Gasteiger partial charge in [-0.15, -0.1) is 0 Å². The monoisotopic (exact) mass is 539 g/mol. The SMILES string of the molecule is CN(C)CCCN1C(=O)C(=O)C(C(=O)c2ccc(S(=O)(=O)N(C)C)cc2)C1c1ccc(Cl)c(Cl)c1. The molecule has 3 rings (SSSR count). The maximum atomic E-state index is 13.5. The van der Waals surface area contributed by atoms with E-state index in [-0.39, 0.29) is 22.0 Å². The molecule has 1 saturated heterocycles. The number of rotatable bonds is 9. The molecule has 1 heterocycles. The summed E-state index contributed by atoms with van der Waals surface area (Å²) in [6, 6.07) is 9.26. The normalized spacial score (nSPS) is 18.7. The number of halogens is 2. The third-order valence-electron chi connectivity index (χ3n) is 5.90. The minimum absolute atomic E-state index is 0.0132. The molecule has 0 aliphatic carbocycles. The molecule has 0 bridgehead atoms. The Kier molecular flexibility index (Phi) is 8.39. The van der Waals surface area contributed by atoms with Gasteiger partial charge in [-0.3, -0.25) is 14.4 Å². The van der Waals surface area contributed by atoms with E-state index in [2.05, 4.69) is 0 Å². The fraction of sp³-hybridized carbons (Fsp3) is 0.375. The third-order valence-corrected chi connectivity index (χ3v) is 8.46. The zero-order chi connectivity index (χ0) is 26.1. The molecule has 2 atom stereocenters. The van der Waals surface area contributed by atoms with Crippen molar-refractivity contribution in [2.45, 2.75) is 17.4 Å². The smallest absolute Gasteiger partial charge is 0.291 e. The highest BCUT2D eigenvalue weighted by Gasteiger charge is 2.51. The first kappa shape index (κ1) is 27.3. The van der Waals surface area contributed by atoms with E-state index in [9.17, 15) is 22.8 Å². The minimum atomic E-state index is -3.69. The molecule has 11 heteroatoms. The highest BCUT2D eigenvalue weighted by atomic mass is 35.5. The highest BCUT2D eigenvalue weighted by Crippen LogP contribution is 2.40. The molecule has 188 valence electrons. The zero-order valence-electron chi connectivity index (χ0n) is 19.9. The lowest BCUT2D eigenvalue weighted by Crippen LogP contribution is -2.33. The number of nitrogens with zero attached hydrogens (tertiary/aromatic N) is 3. The number of likely N-dealkylation sites (tertiary alicyclic amines) is 1. The second kappa shape index (κ2) is 10.8. The Bertz CT molecular complexity index is 1250. The molecule has 0 N–H and O–H groups in total. The fourth-order valence-corrected chi connectivity index (χ4v) is 5.24. The highest BCUT2D eigenvalue weighted by molar-refractivity contribution is 7.89. The molecule has 0 spiro atoms. The van der Waals surface area contributed by atoms with E-state index in [0.29, 0.717) is 23.6 Å². The van der Waals surface area contributed by atoms with E-state index < -0.39 is 39.5 Å². The standard InChI is InChI=1S/C24H27Cl2N3O5S/c1-27(2)12-5-13-29-21(16-8-11-18(25)19(26)14-16)20(23(31)24(29)32)22(30)15-6-9-17(10-7-15)35(33,34)28(3)4/h6-11,14,20-21H,5,12-13H2,1-4H3. The summed E-state index contributed by atoms with van der Waals surface area (Å²) >= 11 is 12.3. The van der Waals surface area contributed by atoms with Gasteiger partial charge in [0.05, 0.1) is 21.0 Å². The van der Waals surface area contributed by atoms with E-state index >= 15 is 0 Å². The van der Waals surface area contributed by atoms with Gasteiger partial charge in [0.1, 0.15) is 5.92 Å². The largest absolute Gasteiger partial charge is 0.328 e. The van der Waals surface area contributed by atoms with Crippen LogP contribution in [0.3, 0.4) is 0 Å². The Morgan fingerprint density at radius 2 is 1.60 bits per heavy atom. The van der Waals surface area contributed by atoms with Crippen LogP contribution in [-0.4, -0.2) is 81.3 Å². The number of carbonyl (C=O) groups is 3. The summed E-state index contributed by atoms with van der Waals surface area (Å²) in [5.41, 5.74) is 0.655. The summed E-state index contributed by atoms with van der Waals surface area (Å²) < 4.78 is 25.8. The third kappa shape index (κ3) is 5.59. The van der Waals surface area contributed by atoms with Crippen LogP contribution >= 0.6 is 23.2 Å². The van der Waals surface area contributed by atoms with Gasteiger partial charge in [-0.2, -0.15) is 0 Å². The lowest BCUT2D eigenvalue weighted by Gasteiger charge is -2.28. The molecule has 0 radical (unpaired) electrons.